The van der Waals surface area contributed by atoms with Crippen LogP contribution in [0.5, 0.6) is 0 Å². The standard InChI is InChI=1S/C22H29ClN5O2/c1-4-17-7-5-6-12-27(17)14-18-24-20-19(21(29)26(3)22(30)25(20)2)28(18)13-15-8-10-16(23)11-9-15/h8-11,17,19H,4-7,12-14H2,1-3H3/q+1. The summed E-state index contributed by atoms with van der Waals surface area (Å²) < 4.78 is 2.06. The molecule has 0 saturated carbocycles. The van der Waals surface area contributed by atoms with Crippen LogP contribution in [0.3, 0.4) is 0 Å². The van der Waals surface area contributed by atoms with E-state index in [4.69, 9.17) is 16.6 Å². The van der Waals surface area contributed by atoms with Crippen molar-refractivity contribution in [2.45, 2.75) is 51.2 Å². The number of benzene rings is 1. The summed E-state index contributed by atoms with van der Waals surface area (Å²) in [5, 5.41) is 0.680. The zero-order valence-electron chi connectivity index (χ0n) is 17.8. The Hall–Kier alpha value is -2.25. The van der Waals surface area contributed by atoms with Gasteiger partial charge >= 0.3 is 11.9 Å². The minimum absolute atomic E-state index is 0.230. The van der Waals surface area contributed by atoms with E-state index < -0.39 is 6.04 Å². The number of likely N-dealkylation sites (N-methyl/N-ethyl adjacent to an activating group) is 2. The van der Waals surface area contributed by atoms with Crippen molar-refractivity contribution < 1.29 is 14.2 Å². The number of likely N-dealkylation sites (tertiary alicyclic amines) is 1. The zero-order valence-corrected chi connectivity index (χ0v) is 18.6. The molecule has 0 N–H and O–H groups in total. The highest BCUT2D eigenvalue weighted by Crippen LogP contribution is 2.24. The molecule has 2 saturated heterocycles. The first-order valence-corrected chi connectivity index (χ1v) is 11.0. The van der Waals surface area contributed by atoms with Gasteiger partial charge in [0.2, 0.25) is 0 Å². The number of halogens is 1. The van der Waals surface area contributed by atoms with Gasteiger partial charge in [0.1, 0.15) is 13.1 Å². The molecule has 0 aliphatic carbocycles. The van der Waals surface area contributed by atoms with Crippen molar-refractivity contribution in [3.8, 4) is 0 Å². The van der Waals surface area contributed by atoms with E-state index >= 15 is 0 Å². The minimum Gasteiger partial charge on any atom is -0.289 e. The van der Waals surface area contributed by atoms with Gasteiger partial charge in [-0.25, -0.2) is 9.37 Å². The third-order valence-corrected chi connectivity index (χ3v) is 6.70. The van der Waals surface area contributed by atoms with Crippen molar-refractivity contribution in [3.05, 3.63) is 34.9 Å². The number of rotatable bonds is 5. The van der Waals surface area contributed by atoms with Gasteiger partial charge in [-0.1, -0.05) is 37.1 Å². The molecule has 3 heterocycles. The maximum absolute atomic E-state index is 13.1. The first-order chi connectivity index (χ1) is 14.4. The summed E-state index contributed by atoms with van der Waals surface area (Å²) >= 11 is 6.05. The van der Waals surface area contributed by atoms with E-state index in [1.807, 2.05) is 24.3 Å². The summed E-state index contributed by atoms with van der Waals surface area (Å²) in [4.78, 5) is 35.6. The van der Waals surface area contributed by atoms with E-state index in [-0.39, 0.29) is 11.9 Å². The molecule has 0 spiro atoms. The molecule has 3 aliphatic heterocycles. The number of nitrogens with zero attached hydrogens (tertiary/aromatic N) is 5. The second-order valence-corrected chi connectivity index (χ2v) is 8.75. The molecule has 0 radical (unpaired) electrons. The van der Waals surface area contributed by atoms with Crippen LogP contribution in [0.2, 0.25) is 5.02 Å². The van der Waals surface area contributed by atoms with Crippen molar-refractivity contribution in [1.82, 2.24) is 14.7 Å². The fourth-order valence-corrected chi connectivity index (χ4v) is 4.78. The monoisotopic (exact) mass is 430 g/mol. The number of urea groups is 1. The highest BCUT2D eigenvalue weighted by Gasteiger charge is 2.53. The average molecular weight is 431 g/mol. The second-order valence-electron chi connectivity index (χ2n) is 8.31. The van der Waals surface area contributed by atoms with E-state index in [9.17, 15) is 9.59 Å². The van der Waals surface area contributed by atoms with Crippen molar-refractivity contribution in [2.24, 2.45) is 4.99 Å². The molecular formula is C22H29ClN5O2+. The lowest BCUT2D eigenvalue weighted by atomic mass is 10.00. The fourth-order valence-electron chi connectivity index (χ4n) is 4.66. The molecule has 1 aromatic rings. The molecule has 8 heteroatoms. The quantitative estimate of drug-likeness (QED) is 0.675. The molecule has 3 amide bonds. The Morgan fingerprint density at radius 1 is 1.13 bits per heavy atom. The number of imide groups is 1. The number of carbonyl (C=O) groups excluding carboxylic acids is 2. The molecule has 2 fully saturated rings. The number of hydrogen-bond donors (Lipinski definition) is 0. The van der Waals surface area contributed by atoms with E-state index in [0.717, 1.165) is 24.4 Å². The summed E-state index contributed by atoms with van der Waals surface area (Å²) in [6.45, 7) is 4.49. The van der Waals surface area contributed by atoms with E-state index in [1.54, 1.807) is 7.05 Å². The van der Waals surface area contributed by atoms with Crippen LogP contribution in [-0.2, 0) is 11.3 Å². The van der Waals surface area contributed by atoms with Gasteiger partial charge in [-0.3, -0.25) is 19.5 Å². The molecule has 4 rings (SSSR count). The van der Waals surface area contributed by atoms with Gasteiger partial charge in [0, 0.05) is 25.2 Å². The molecular weight excluding hydrogens is 402 g/mol. The Morgan fingerprint density at radius 2 is 1.87 bits per heavy atom. The minimum atomic E-state index is -0.576. The van der Waals surface area contributed by atoms with Crippen LogP contribution >= 0.6 is 11.6 Å². The highest BCUT2D eigenvalue weighted by molar-refractivity contribution is 6.30. The van der Waals surface area contributed by atoms with Crippen LogP contribution in [0.1, 0.15) is 38.2 Å². The Bertz CT molecular complexity index is 911. The molecule has 2 unspecified atom stereocenters. The number of piperidine rings is 1. The van der Waals surface area contributed by atoms with Crippen LogP contribution in [0.15, 0.2) is 29.3 Å². The topological polar surface area (TPSA) is 59.2 Å². The highest BCUT2D eigenvalue weighted by atomic mass is 35.5. The number of hydrogen-bond acceptors (Lipinski definition) is 4. The predicted molar refractivity (Wildman–Crippen MR) is 117 cm³/mol. The lowest BCUT2D eigenvalue weighted by molar-refractivity contribution is -0.552. The Kier molecular flexibility index (Phi) is 5.93. The Balaban J connectivity index is 1.71. The van der Waals surface area contributed by atoms with Gasteiger partial charge in [0.15, 0.2) is 0 Å². The lowest BCUT2D eigenvalue weighted by Crippen LogP contribution is -2.61. The molecule has 1 aromatic carbocycles. The maximum atomic E-state index is 13.1. The first-order valence-electron chi connectivity index (χ1n) is 10.7. The third-order valence-electron chi connectivity index (χ3n) is 6.44. The predicted octanol–water partition coefficient (Wildman–Crippen LogP) is 2.82. The normalized spacial score (nSPS) is 25.1. The van der Waals surface area contributed by atoms with Crippen molar-refractivity contribution in [2.75, 3.05) is 27.2 Å². The van der Waals surface area contributed by atoms with E-state index in [1.165, 1.54) is 36.1 Å². The number of amidine groups is 2. The second kappa shape index (κ2) is 8.47. The number of fused-ring (bicyclic) bond motifs is 1. The van der Waals surface area contributed by atoms with Gasteiger partial charge in [0.05, 0.1) is 0 Å². The van der Waals surface area contributed by atoms with Crippen LogP contribution in [0.25, 0.3) is 0 Å². The SMILES string of the molecule is CCC1CCCCN1CC1=[N+](Cc2ccc(Cl)cc2)C2C(=O)N(C)C(=O)N(C)C2=N1. The first kappa shape index (κ1) is 21.0. The van der Waals surface area contributed by atoms with Gasteiger partial charge in [0.25, 0.3) is 17.8 Å². The molecule has 3 aliphatic rings. The van der Waals surface area contributed by atoms with Gasteiger partial charge in [-0.15, -0.1) is 0 Å². The molecule has 0 bridgehead atoms. The zero-order chi connectivity index (χ0) is 21.4. The average Bonchev–Trinajstić information content (AvgIpc) is 3.10. The maximum Gasteiger partial charge on any atom is 0.333 e. The molecule has 2 atom stereocenters. The summed E-state index contributed by atoms with van der Waals surface area (Å²) in [6, 6.07) is 7.27. The summed E-state index contributed by atoms with van der Waals surface area (Å²) in [5.41, 5.74) is 1.05. The van der Waals surface area contributed by atoms with Gasteiger partial charge in [-0.05, 0) is 48.5 Å². The Morgan fingerprint density at radius 3 is 2.57 bits per heavy atom. The van der Waals surface area contributed by atoms with Crippen LogP contribution in [-0.4, -0.2) is 82.2 Å². The summed E-state index contributed by atoms with van der Waals surface area (Å²) in [6.07, 6.45) is 4.74. The van der Waals surface area contributed by atoms with Crippen LogP contribution in [0.4, 0.5) is 4.79 Å². The van der Waals surface area contributed by atoms with Crippen molar-refractivity contribution >= 4 is 35.2 Å². The lowest BCUT2D eigenvalue weighted by Gasteiger charge is -2.34. The van der Waals surface area contributed by atoms with Crippen molar-refractivity contribution in [3.63, 3.8) is 0 Å². The van der Waals surface area contributed by atoms with E-state index in [2.05, 4.69) is 16.4 Å². The van der Waals surface area contributed by atoms with Crippen molar-refractivity contribution in [1.29, 1.82) is 0 Å². The van der Waals surface area contributed by atoms with Gasteiger partial charge < -0.3 is 0 Å². The number of amides is 3. The van der Waals surface area contributed by atoms with E-state index in [0.29, 0.717) is 30.0 Å². The van der Waals surface area contributed by atoms with Crippen LogP contribution < -0.4 is 0 Å². The van der Waals surface area contributed by atoms with Crippen LogP contribution in [0, 0.1) is 0 Å². The summed E-state index contributed by atoms with van der Waals surface area (Å²) in [5.74, 6) is 1.15. The number of carbonyl (C=O) groups is 2. The fraction of sp³-hybridized carbons (Fsp3) is 0.545. The Labute approximate surface area is 182 Å². The smallest absolute Gasteiger partial charge is 0.289 e. The molecule has 160 valence electrons. The third kappa shape index (κ3) is 3.76. The molecule has 0 aromatic heterocycles. The molecule has 30 heavy (non-hydrogen) atoms. The largest absolute Gasteiger partial charge is 0.333 e. The molecule has 7 nitrogen and oxygen atoms in total. The summed E-state index contributed by atoms with van der Waals surface area (Å²) in [7, 11) is 3.23. The van der Waals surface area contributed by atoms with Gasteiger partial charge in [-0.2, -0.15) is 0 Å². The number of aliphatic imine (C=N–C) groups is 1.